The molecule has 0 amide bonds. The van der Waals surface area contributed by atoms with Crippen LogP contribution >= 0.6 is 0 Å². The predicted octanol–water partition coefficient (Wildman–Crippen LogP) is 13.2. The summed E-state index contributed by atoms with van der Waals surface area (Å²) in [5.74, 6) is 0.468. The number of benzene rings is 6. The summed E-state index contributed by atoms with van der Waals surface area (Å²) in [5, 5.41) is 12.1. The maximum Gasteiger partial charge on any atom is 0.230 e. The van der Waals surface area contributed by atoms with Crippen LogP contribution in [0.4, 0.5) is 0 Å². The van der Waals surface area contributed by atoms with Gasteiger partial charge in [-0.2, -0.15) is 0 Å². The molecule has 0 bridgehead atoms. The summed E-state index contributed by atoms with van der Waals surface area (Å²) in [4.78, 5) is 9.98. The number of oxazole rings is 1. The van der Waals surface area contributed by atoms with Gasteiger partial charge in [-0.05, 0) is 51.4 Å². The van der Waals surface area contributed by atoms with Gasteiger partial charge in [-0.3, -0.25) is 4.98 Å². The second-order valence-electron chi connectivity index (χ2n) is 16.0. The molecule has 282 valence electrons. The molecule has 8 rings (SSSR count). The van der Waals surface area contributed by atoms with E-state index >= 15 is 0 Å². The molecule has 2 aromatic heterocycles. The molecular formula is C51H45N2O2Pt-. The van der Waals surface area contributed by atoms with Gasteiger partial charge >= 0.3 is 0 Å². The maximum atomic E-state index is 12.1. The van der Waals surface area contributed by atoms with Gasteiger partial charge in [0.15, 0.2) is 0 Å². The Morgan fingerprint density at radius 2 is 1.29 bits per heavy atom. The van der Waals surface area contributed by atoms with E-state index < -0.39 is 0 Å². The van der Waals surface area contributed by atoms with Crippen LogP contribution < -0.4 is 0 Å². The number of rotatable bonds is 8. The fraction of sp³-hybridized carbons (Fsp3) is 0.176. The molecule has 4 nitrogen and oxygen atoms in total. The molecule has 0 saturated heterocycles. The van der Waals surface area contributed by atoms with Crippen LogP contribution in [-0.4, -0.2) is 15.1 Å². The summed E-state index contributed by atoms with van der Waals surface area (Å²) in [6.07, 6.45) is 1.87. The van der Waals surface area contributed by atoms with Crippen molar-refractivity contribution in [1.82, 2.24) is 9.97 Å². The number of nitrogens with zero attached hydrogens (tertiary/aromatic N) is 2. The fourth-order valence-electron chi connectivity index (χ4n) is 7.41. The van der Waals surface area contributed by atoms with Crippen LogP contribution in [0.25, 0.3) is 56.1 Å². The molecule has 0 aliphatic carbocycles. The number of phenols is 1. The number of hydrogen-bond acceptors (Lipinski definition) is 4. The third kappa shape index (κ3) is 7.51. The monoisotopic (exact) mass is 912 g/mol. The third-order valence-corrected chi connectivity index (χ3v) is 10.9. The predicted molar refractivity (Wildman–Crippen MR) is 225 cm³/mol. The number of hydrogen-bond donors (Lipinski definition) is 1. The number of para-hydroxylation sites is 1. The van der Waals surface area contributed by atoms with E-state index in [4.69, 9.17) is 14.4 Å². The molecule has 0 fully saturated rings. The van der Waals surface area contributed by atoms with Crippen LogP contribution in [-0.2, 0) is 31.9 Å². The maximum absolute atomic E-state index is 12.1. The molecule has 5 heteroatoms. The molecule has 0 radical (unpaired) electrons. The van der Waals surface area contributed by atoms with Crippen molar-refractivity contribution in [2.24, 2.45) is 0 Å². The van der Waals surface area contributed by atoms with Crippen molar-refractivity contribution in [3.8, 4) is 50.7 Å². The Labute approximate surface area is 344 Å². The van der Waals surface area contributed by atoms with Gasteiger partial charge in [0.25, 0.3) is 0 Å². The van der Waals surface area contributed by atoms with Crippen LogP contribution in [0.3, 0.4) is 0 Å². The van der Waals surface area contributed by atoms with E-state index in [0.29, 0.717) is 22.6 Å². The van der Waals surface area contributed by atoms with E-state index in [2.05, 4.69) is 139 Å². The van der Waals surface area contributed by atoms with E-state index in [1.807, 2.05) is 60.8 Å². The van der Waals surface area contributed by atoms with Gasteiger partial charge in [0.1, 0.15) is 11.3 Å². The Kier molecular flexibility index (Phi) is 10.7. The van der Waals surface area contributed by atoms with E-state index in [1.54, 1.807) is 0 Å². The van der Waals surface area contributed by atoms with Gasteiger partial charge in [0.2, 0.25) is 5.89 Å². The number of pyridine rings is 1. The Balaban J connectivity index is 0.00000480. The molecule has 56 heavy (non-hydrogen) atoms. The Hall–Kier alpha value is -5.57. The van der Waals surface area contributed by atoms with Crippen LogP contribution in [0.5, 0.6) is 5.75 Å². The first-order valence-corrected chi connectivity index (χ1v) is 19.0. The van der Waals surface area contributed by atoms with Crippen LogP contribution in [0.1, 0.15) is 75.3 Å². The number of aromatic nitrogens is 2. The number of fused-ring (bicyclic) bond motifs is 1. The molecular weight excluding hydrogens is 868 g/mol. The van der Waals surface area contributed by atoms with Crippen molar-refractivity contribution in [3.63, 3.8) is 0 Å². The Morgan fingerprint density at radius 1 is 0.625 bits per heavy atom. The number of phenolic OH excluding ortho intramolecular Hbond substituents is 1. The number of aromatic hydroxyl groups is 1. The molecule has 6 aromatic carbocycles. The van der Waals surface area contributed by atoms with E-state index in [9.17, 15) is 5.11 Å². The SMILES string of the molecule is CC(c1ccccc1)c1cc(C(C)(C)c2ccccc2)cc(-c2nc3c(-c4[c-]c(-c5cc(-c6ccccc6)ccn5)cc(C(C)(C)C)c4)cccc3o2)c1O.[Pt]. The summed E-state index contributed by atoms with van der Waals surface area (Å²) >= 11 is 0. The zero-order valence-electron chi connectivity index (χ0n) is 32.6. The topological polar surface area (TPSA) is 59.2 Å². The van der Waals surface area contributed by atoms with Crippen molar-refractivity contribution in [3.05, 3.63) is 186 Å². The molecule has 0 aliphatic rings. The van der Waals surface area contributed by atoms with Gasteiger partial charge in [0.05, 0.1) is 11.1 Å². The Bertz CT molecular complexity index is 2620. The van der Waals surface area contributed by atoms with Crippen LogP contribution in [0.15, 0.2) is 156 Å². The van der Waals surface area contributed by atoms with Crippen LogP contribution in [0.2, 0.25) is 0 Å². The van der Waals surface area contributed by atoms with Gasteiger partial charge < -0.3 is 9.52 Å². The van der Waals surface area contributed by atoms with Gasteiger partial charge in [-0.1, -0.05) is 168 Å². The molecule has 8 aromatic rings. The minimum Gasteiger partial charge on any atom is -0.507 e. The molecule has 0 spiro atoms. The van der Waals surface area contributed by atoms with Gasteiger partial charge in [-0.25, -0.2) is 4.98 Å². The van der Waals surface area contributed by atoms with E-state index in [1.165, 1.54) is 5.56 Å². The zero-order valence-corrected chi connectivity index (χ0v) is 34.8. The Morgan fingerprint density at radius 3 is 1.98 bits per heavy atom. The summed E-state index contributed by atoms with van der Waals surface area (Å²) in [6.45, 7) is 13.2. The third-order valence-electron chi connectivity index (χ3n) is 10.9. The molecule has 1 N–H and O–H groups in total. The smallest absolute Gasteiger partial charge is 0.230 e. The van der Waals surface area contributed by atoms with E-state index in [-0.39, 0.29) is 43.6 Å². The average molecular weight is 913 g/mol. The van der Waals surface area contributed by atoms with Gasteiger partial charge in [0, 0.05) is 49.9 Å². The molecule has 0 saturated carbocycles. The average Bonchev–Trinajstić information content (AvgIpc) is 3.66. The summed E-state index contributed by atoms with van der Waals surface area (Å²) in [7, 11) is 0. The van der Waals surface area contributed by atoms with Crippen molar-refractivity contribution in [2.45, 2.75) is 58.3 Å². The standard InChI is InChI=1S/C51H45N2O2.Pt/c1-33(34-17-10-7-11-18-34)43-31-41(51(5,6)39-21-14-9-15-22-39)32-44(48(43)54)49-53-47-42(23-16-24-46(47)55-49)37-27-38(29-40(28-37)50(2,3)4)45-30-36(25-26-52-45)35-19-12-8-13-20-35;/h7-26,28-33,54H,1-6H3;/q-1;. The fourth-order valence-corrected chi connectivity index (χ4v) is 7.41. The molecule has 0 aliphatic heterocycles. The van der Waals surface area contributed by atoms with Crippen molar-refractivity contribution >= 4 is 11.1 Å². The first-order chi connectivity index (χ1) is 26.5. The van der Waals surface area contributed by atoms with Gasteiger partial charge in [-0.15, -0.1) is 29.3 Å². The first-order valence-electron chi connectivity index (χ1n) is 19.0. The van der Waals surface area contributed by atoms with E-state index in [0.717, 1.165) is 55.8 Å². The minimum atomic E-state index is -0.364. The molecule has 1 unspecified atom stereocenters. The molecule has 2 heterocycles. The minimum absolute atomic E-state index is 0. The quantitative estimate of drug-likeness (QED) is 0.154. The first kappa shape index (κ1) is 38.7. The molecule has 1 atom stereocenters. The summed E-state index contributed by atoms with van der Waals surface area (Å²) in [5.41, 5.74) is 12.6. The van der Waals surface area contributed by atoms with Crippen LogP contribution in [0, 0.1) is 6.07 Å². The summed E-state index contributed by atoms with van der Waals surface area (Å²) < 4.78 is 6.59. The zero-order chi connectivity index (χ0) is 38.3. The van der Waals surface area contributed by atoms with Crippen molar-refractivity contribution < 1.29 is 30.6 Å². The normalized spacial score (nSPS) is 12.3. The summed E-state index contributed by atoms with van der Waals surface area (Å²) in [6, 6.07) is 53.7. The van der Waals surface area contributed by atoms with Crippen molar-refractivity contribution in [1.29, 1.82) is 0 Å². The largest absolute Gasteiger partial charge is 0.507 e. The second kappa shape index (κ2) is 15.5. The van der Waals surface area contributed by atoms with Crippen molar-refractivity contribution in [2.75, 3.05) is 0 Å². The second-order valence-corrected chi connectivity index (χ2v) is 16.0.